The number of aryl methyl sites for hydroxylation is 1. The zero-order valence-corrected chi connectivity index (χ0v) is 11.1. The molecule has 0 bridgehead atoms. The van der Waals surface area contributed by atoms with Crippen molar-refractivity contribution in [1.82, 2.24) is 0 Å². The van der Waals surface area contributed by atoms with Crippen molar-refractivity contribution in [2.24, 2.45) is 5.73 Å². The quantitative estimate of drug-likeness (QED) is 0.623. The molecule has 0 heterocycles. The number of nitrogens with two attached hydrogens (primary N) is 1. The lowest BCUT2D eigenvalue weighted by Gasteiger charge is -2.26. The monoisotopic (exact) mass is 252 g/mol. The van der Waals surface area contributed by atoms with Gasteiger partial charge in [0.25, 0.3) is 0 Å². The minimum atomic E-state index is -0.434. The van der Waals surface area contributed by atoms with Gasteiger partial charge in [-0.15, -0.1) is 0 Å². The Balaban J connectivity index is 2.94. The number of hydrogen-bond donors (Lipinski definition) is 1. The number of hydrogen-bond acceptors (Lipinski definition) is 4. The lowest BCUT2D eigenvalue weighted by Crippen LogP contribution is -2.44. The van der Waals surface area contributed by atoms with Crippen LogP contribution >= 0.6 is 0 Å². The zero-order valence-electron chi connectivity index (χ0n) is 11.1. The van der Waals surface area contributed by atoms with Crippen molar-refractivity contribution in [2.75, 3.05) is 6.61 Å². The van der Waals surface area contributed by atoms with Gasteiger partial charge in [0, 0.05) is 11.6 Å². The van der Waals surface area contributed by atoms with Crippen LogP contribution in [-0.4, -0.2) is 17.1 Å². The number of nitrogens with zero attached hydrogens (tertiary/aromatic N) is 1. The van der Waals surface area contributed by atoms with Gasteiger partial charge >= 0.3 is 5.69 Å². The van der Waals surface area contributed by atoms with Crippen molar-refractivity contribution >= 4 is 5.69 Å². The van der Waals surface area contributed by atoms with E-state index >= 15 is 0 Å². The maximum Gasteiger partial charge on any atom is 0.311 e. The molecule has 18 heavy (non-hydrogen) atoms. The number of para-hydroxylation sites is 1. The predicted molar refractivity (Wildman–Crippen MR) is 70.8 cm³/mol. The first-order valence-electron chi connectivity index (χ1n) is 6.09. The summed E-state index contributed by atoms with van der Waals surface area (Å²) >= 11 is 0. The highest BCUT2D eigenvalue weighted by Crippen LogP contribution is 2.31. The standard InChI is InChI=1S/C13H20N2O3/c1-4-13(14,5-2)9-18-12-10(3)7-6-8-11(12)15(16)17/h6-8H,4-5,9,14H2,1-3H3. The predicted octanol–water partition coefficient (Wildman–Crippen LogP) is 2.80. The summed E-state index contributed by atoms with van der Waals surface area (Å²) in [5.74, 6) is 0.319. The van der Waals surface area contributed by atoms with Gasteiger partial charge in [-0.25, -0.2) is 0 Å². The van der Waals surface area contributed by atoms with Crippen LogP contribution in [0.1, 0.15) is 32.3 Å². The summed E-state index contributed by atoms with van der Waals surface area (Å²) < 4.78 is 5.61. The van der Waals surface area contributed by atoms with Gasteiger partial charge in [-0.1, -0.05) is 26.0 Å². The molecule has 1 rings (SSSR count). The molecule has 0 saturated heterocycles. The van der Waals surface area contributed by atoms with Gasteiger partial charge in [0.1, 0.15) is 6.61 Å². The second-order valence-electron chi connectivity index (χ2n) is 4.54. The topological polar surface area (TPSA) is 78.4 Å². The fraction of sp³-hybridized carbons (Fsp3) is 0.538. The van der Waals surface area contributed by atoms with E-state index in [1.54, 1.807) is 19.1 Å². The molecule has 5 nitrogen and oxygen atoms in total. The van der Waals surface area contributed by atoms with E-state index in [9.17, 15) is 10.1 Å². The van der Waals surface area contributed by atoms with E-state index in [-0.39, 0.29) is 12.3 Å². The molecule has 0 amide bonds. The SMILES string of the molecule is CCC(N)(CC)COc1c(C)cccc1[N+](=O)[O-]. The van der Waals surface area contributed by atoms with E-state index in [0.29, 0.717) is 5.75 Å². The first-order valence-corrected chi connectivity index (χ1v) is 6.09. The van der Waals surface area contributed by atoms with E-state index in [2.05, 4.69) is 0 Å². The third kappa shape index (κ3) is 3.20. The number of ether oxygens (including phenoxy) is 1. The Bertz CT molecular complexity index is 428. The Labute approximate surface area is 107 Å². The van der Waals surface area contributed by atoms with E-state index in [1.165, 1.54) is 6.07 Å². The lowest BCUT2D eigenvalue weighted by atomic mass is 9.95. The van der Waals surface area contributed by atoms with Crippen LogP contribution in [0.25, 0.3) is 0 Å². The molecular weight excluding hydrogens is 232 g/mol. The molecule has 0 aromatic heterocycles. The molecule has 0 saturated carbocycles. The van der Waals surface area contributed by atoms with Crippen molar-refractivity contribution in [3.05, 3.63) is 33.9 Å². The summed E-state index contributed by atoms with van der Waals surface area (Å²) in [4.78, 5) is 10.5. The smallest absolute Gasteiger partial charge is 0.311 e. The molecule has 0 aliphatic heterocycles. The molecule has 1 aromatic rings. The van der Waals surface area contributed by atoms with Crippen LogP contribution in [-0.2, 0) is 0 Å². The molecule has 0 aliphatic rings. The van der Waals surface area contributed by atoms with Crippen molar-refractivity contribution in [1.29, 1.82) is 0 Å². The van der Waals surface area contributed by atoms with Crippen LogP contribution in [0.5, 0.6) is 5.75 Å². The molecule has 1 aromatic carbocycles. The van der Waals surface area contributed by atoms with Gasteiger partial charge in [-0.2, -0.15) is 0 Å². The average Bonchev–Trinajstić information content (AvgIpc) is 2.36. The summed E-state index contributed by atoms with van der Waals surface area (Å²) in [6, 6.07) is 4.88. The highest BCUT2D eigenvalue weighted by Gasteiger charge is 2.24. The Morgan fingerprint density at radius 1 is 1.39 bits per heavy atom. The molecular formula is C13H20N2O3. The Hall–Kier alpha value is -1.62. The first-order chi connectivity index (χ1) is 8.43. The van der Waals surface area contributed by atoms with Crippen molar-refractivity contribution in [3.8, 4) is 5.75 Å². The molecule has 5 heteroatoms. The maximum atomic E-state index is 10.9. The zero-order chi connectivity index (χ0) is 13.8. The summed E-state index contributed by atoms with van der Waals surface area (Å²) in [5.41, 5.74) is 6.43. The average molecular weight is 252 g/mol. The van der Waals surface area contributed by atoms with E-state index in [0.717, 1.165) is 18.4 Å². The van der Waals surface area contributed by atoms with Crippen LogP contribution in [0.4, 0.5) is 5.69 Å². The fourth-order valence-corrected chi connectivity index (χ4v) is 1.64. The maximum absolute atomic E-state index is 10.9. The number of benzene rings is 1. The fourth-order valence-electron chi connectivity index (χ4n) is 1.64. The number of rotatable bonds is 6. The van der Waals surface area contributed by atoms with Gasteiger partial charge in [-0.3, -0.25) is 10.1 Å². The first kappa shape index (κ1) is 14.4. The van der Waals surface area contributed by atoms with Gasteiger partial charge in [0.15, 0.2) is 5.75 Å². The second kappa shape index (κ2) is 5.82. The van der Waals surface area contributed by atoms with Crippen LogP contribution in [0.15, 0.2) is 18.2 Å². The second-order valence-corrected chi connectivity index (χ2v) is 4.54. The summed E-state index contributed by atoms with van der Waals surface area (Å²) in [5, 5.41) is 10.9. The number of nitro groups is 1. The van der Waals surface area contributed by atoms with Crippen molar-refractivity contribution in [3.63, 3.8) is 0 Å². The van der Waals surface area contributed by atoms with Crippen LogP contribution in [0, 0.1) is 17.0 Å². The molecule has 0 aliphatic carbocycles. The van der Waals surface area contributed by atoms with E-state index < -0.39 is 10.5 Å². The van der Waals surface area contributed by atoms with Crippen molar-refractivity contribution in [2.45, 2.75) is 39.2 Å². The molecule has 0 spiro atoms. The van der Waals surface area contributed by atoms with Crippen LogP contribution in [0.3, 0.4) is 0 Å². The van der Waals surface area contributed by atoms with Gasteiger partial charge in [-0.05, 0) is 25.3 Å². The van der Waals surface area contributed by atoms with Crippen LogP contribution < -0.4 is 10.5 Å². The third-order valence-corrected chi connectivity index (χ3v) is 3.30. The van der Waals surface area contributed by atoms with Gasteiger partial charge < -0.3 is 10.5 Å². The van der Waals surface area contributed by atoms with E-state index in [1.807, 2.05) is 13.8 Å². The normalized spacial score (nSPS) is 11.3. The lowest BCUT2D eigenvalue weighted by molar-refractivity contribution is -0.386. The van der Waals surface area contributed by atoms with Crippen LogP contribution in [0.2, 0.25) is 0 Å². The largest absolute Gasteiger partial charge is 0.485 e. The highest BCUT2D eigenvalue weighted by molar-refractivity contribution is 5.51. The van der Waals surface area contributed by atoms with Gasteiger partial charge in [0.05, 0.1) is 4.92 Å². The summed E-state index contributed by atoms with van der Waals surface area (Å²) in [7, 11) is 0. The minimum Gasteiger partial charge on any atom is -0.485 e. The molecule has 2 N–H and O–H groups in total. The molecule has 0 unspecified atom stereocenters. The Morgan fingerprint density at radius 2 is 2.00 bits per heavy atom. The molecule has 0 radical (unpaired) electrons. The molecule has 100 valence electrons. The highest BCUT2D eigenvalue weighted by atomic mass is 16.6. The number of nitro benzene ring substituents is 1. The third-order valence-electron chi connectivity index (χ3n) is 3.30. The molecule has 0 fully saturated rings. The summed E-state index contributed by atoms with van der Waals surface area (Å²) in [6.07, 6.45) is 1.53. The van der Waals surface area contributed by atoms with E-state index in [4.69, 9.17) is 10.5 Å². The van der Waals surface area contributed by atoms with Gasteiger partial charge in [0.2, 0.25) is 0 Å². The van der Waals surface area contributed by atoms with Crippen molar-refractivity contribution < 1.29 is 9.66 Å². The Kier molecular flexibility index (Phi) is 4.67. The Morgan fingerprint density at radius 3 is 2.50 bits per heavy atom. The minimum absolute atomic E-state index is 0.00967. The molecule has 0 atom stereocenters. The summed E-state index contributed by atoms with van der Waals surface area (Å²) in [6.45, 7) is 6.04.